The van der Waals surface area contributed by atoms with Gasteiger partial charge in [-0.25, -0.2) is 0 Å². The second-order valence-corrected chi connectivity index (χ2v) is 6.89. The molecule has 1 aliphatic rings. The summed E-state index contributed by atoms with van der Waals surface area (Å²) >= 11 is 6.33. The van der Waals surface area contributed by atoms with Gasteiger partial charge in [0.1, 0.15) is 10.1 Å². The average Bonchev–Trinajstić information content (AvgIpc) is 2.73. The minimum Gasteiger partial charge on any atom is -0.491 e. The van der Waals surface area contributed by atoms with Crippen LogP contribution in [-0.4, -0.2) is 38.9 Å². The van der Waals surface area contributed by atoms with E-state index in [-0.39, 0.29) is 25.0 Å². The summed E-state index contributed by atoms with van der Waals surface area (Å²) < 4.78 is 5.96. The molecule has 0 unspecified atom stereocenters. The summed E-state index contributed by atoms with van der Waals surface area (Å²) in [6, 6.07) is 7.41. The highest BCUT2D eigenvalue weighted by Crippen LogP contribution is 2.32. The van der Waals surface area contributed by atoms with Crippen LogP contribution >= 0.6 is 24.0 Å². The third-order valence-electron chi connectivity index (χ3n) is 2.97. The standard InChI is InChI=1S/C16H17NO4S2/c1-10(2)21-12-5-3-11(4-6-12)9-13-15(20)17(16(22)23-13)8-7-14(18)19/h3-6,9-10H,7-8H2,1-2H3,(H,18,19). The molecule has 0 saturated carbocycles. The molecule has 23 heavy (non-hydrogen) atoms. The van der Waals surface area contributed by atoms with E-state index >= 15 is 0 Å². The number of thiocarbonyl (C=S) groups is 1. The van der Waals surface area contributed by atoms with Crippen LogP contribution in [0.3, 0.4) is 0 Å². The van der Waals surface area contributed by atoms with E-state index in [2.05, 4.69) is 0 Å². The van der Waals surface area contributed by atoms with Crippen LogP contribution < -0.4 is 4.74 Å². The Balaban J connectivity index is 2.09. The zero-order valence-corrected chi connectivity index (χ0v) is 14.4. The Morgan fingerprint density at radius 2 is 2.04 bits per heavy atom. The summed E-state index contributed by atoms with van der Waals surface area (Å²) in [4.78, 5) is 24.7. The van der Waals surface area contributed by atoms with E-state index in [1.54, 1.807) is 6.08 Å². The molecule has 1 aromatic carbocycles. The van der Waals surface area contributed by atoms with Gasteiger partial charge in [-0.2, -0.15) is 0 Å². The van der Waals surface area contributed by atoms with Crippen molar-refractivity contribution in [2.45, 2.75) is 26.4 Å². The molecule has 0 atom stereocenters. The van der Waals surface area contributed by atoms with Gasteiger partial charge in [0, 0.05) is 6.54 Å². The largest absolute Gasteiger partial charge is 0.491 e. The fourth-order valence-corrected chi connectivity index (χ4v) is 3.27. The Morgan fingerprint density at radius 3 is 2.61 bits per heavy atom. The van der Waals surface area contributed by atoms with Crippen LogP contribution in [0.25, 0.3) is 6.08 Å². The quantitative estimate of drug-likeness (QED) is 0.627. The molecule has 0 aromatic heterocycles. The smallest absolute Gasteiger partial charge is 0.305 e. The van der Waals surface area contributed by atoms with Crippen molar-refractivity contribution in [1.29, 1.82) is 0 Å². The van der Waals surface area contributed by atoms with Gasteiger partial charge in [0.2, 0.25) is 0 Å². The molecule has 0 aliphatic carbocycles. The van der Waals surface area contributed by atoms with Crippen molar-refractivity contribution in [3.05, 3.63) is 34.7 Å². The lowest BCUT2D eigenvalue weighted by Gasteiger charge is -2.12. The number of rotatable bonds is 6. The number of ether oxygens (including phenoxy) is 1. The second-order valence-electron chi connectivity index (χ2n) is 5.21. The van der Waals surface area contributed by atoms with Gasteiger partial charge in [0.15, 0.2) is 0 Å². The molecule has 1 aliphatic heterocycles. The summed E-state index contributed by atoms with van der Waals surface area (Å²) in [5.74, 6) is -0.432. The van der Waals surface area contributed by atoms with Crippen LogP contribution in [0.15, 0.2) is 29.2 Å². The Bertz CT molecular complexity index is 653. The van der Waals surface area contributed by atoms with Gasteiger partial charge < -0.3 is 9.84 Å². The zero-order chi connectivity index (χ0) is 17.0. The van der Waals surface area contributed by atoms with Gasteiger partial charge in [0.25, 0.3) is 5.91 Å². The number of nitrogens with zero attached hydrogens (tertiary/aromatic N) is 1. The van der Waals surface area contributed by atoms with Crippen LogP contribution in [-0.2, 0) is 9.59 Å². The molecule has 1 aromatic rings. The van der Waals surface area contributed by atoms with Crippen molar-refractivity contribution < 1.29 is 19.4 Å². The number of benzene rings is 1. The first-order valence-electron chi connectivity index (χ1n) is 7.10. The Labute approximate surface area is 144 Å². The third kappa shape index (κ3) is 4.80. The van der Waals surface area contributed by atoms with Crippen molar-refractivity contribution in [2.75, 3.05) is 6.54 Å². The molecule has 0 spiro atoms. The van der Waals surface area contributed by atoms with Crippen molar-refractivity contribution in [1.82, 2.24) is 4.90 Å². The Kier molecular flexibility index (Phi) is 5.79. The molecule has 1 heterocycles. The van der Waals surface area contributed by atoms with E-state index in [9.17, 15) is 9.59 Å². The number of carboxylic acid groups (broad SMARTS) is 1. The van der Waals surface area contributed by atoms with Crippen LogP contribution in [0.5, 0.6) is 5.75 Å². The number of aliphatic carboxylic acids is 1. The number of hydrogen-bond acceptors (Lipinski definition) is 5. The van der Waals surface area contributed by atoms with Crippen LogP contribution in [0.1, 0.15) is 25.8 Å². The first-order valence-corrected chi connectivity index (χ1v) is 8.33. The highest BCUT2D eigenvalue weighted by atomic mass is 32.2. The summed E-state index contributed by atoms with van der Waals surface area (Å²) in [6.45, 7) is 4.01. The Morgan fingerprint density at radius 1 is 1.39 bits per heavy atom. The van der Waals surface area contributed by atoms with Crippen LogP contribution in [0.4, 0.5) is 0 Å². The SMILES string of the molecule is CC(C)Oc1ccc(C=C2SC(=S)N(CCC(=O)O)C2=O)cc1. The molecule has 122 valence electrons. The summed E-state index contributed by atoms with van der Waals surface area (Å²) in [6.07, 6.45) is 1.73. The van der Waals surface area contributed by atoms with E-state index < -0.39 is 5.97 Å². The normalized spacial score (nSPS) is 16.5. The first-order chi connectivity index (χ1) is 10.9. The number of hydrogen-bond donors (Lipinski definition) is 1. The lowest BCUT2D eigenvalue weighted by atomic mass is 10.2. The number of carboxylic acids is 1. The fourth-order valence-electron chi connectivity index (χ4n) is 1.97. The maximum atomic E-state index is 12.3. The highest BCUT2D eigenvalue weighted by Gasteiger charge is 2.31. The monoisotopic (exact) mass is 351 g/mol. The maximum absolute atomic E-state index is 12.3. The Hall–Kier alpha value is -1.86. The summed E-state index contributed by atoms with van der Waals surface area (Å²) in [7, 11) is 0. The molecular formula is C16H17NO4S2. The number of amides is 1. The summed E-state index contributed by atoms with van der Waals surface area (Å²) in [5, 5.41) is 8.72. The molecule has 0 radical (unpaired) electrons. The third-order valence-corrected chi connectivity index (χ3v) is 4.35. The van der Waals surface area contributed by atoms with Crippen molar-refractivity contribution in [2.24, 2.45) is 0 Å². The average molecular weight is 351 g/mol. The molecule has 1 saturated heterocycles. The molecule has 2 rings (SSSR count). The lowest BCUT2D eigenvalue weighted by molar-refractivity contribution is -0.137. The van der Waals surface area contributed by atoms with E-state index in [0.29, 0.717) is 9.23 Å². The predicted octanol–water partition coefficient (Wildman–Crippen LogP) is 3.15. The zero-order valence-electron chi connectivity index (χ0n) is 12.8. The fraction of sp³-hybridized carbons (Fsp3) is 0.312. The van der Waals surface area contributed by atoms with Crippen LogP contribution in [0, 0.1) is 0 Å². The minimum absolute atomic E-state index is 0.0957. The molecule has 1 N–H and O–H groups in total. The van der Waals surface area contributed by atoms with E-state index in [4.69, 9.17) is 22.1 Å². The number of thioether (sulfide) groups is 1. The van der Waals surface area contributed by atoms with Gasteiger partial charge in [-0.1, -0.05) is 36.1 Å². The molecule has 1 amide bonds. The molecule has 7 heteroatoms. The van der Waals surface area contributed by atoms with Gasteiger partial charge in [0.05, 0.1) is 17.4 Å². The van der Waals surface area contributed by atoms with Gasteiger partial charge in [-0.15, -0.1) is 0 Å². The van der Waals surface area contributed by atoms with Crippen molar-refractivity contribution >= 4 is 46.3 Å². The summed E-state index contributed by atoms with van der Waals surface area (Å²) in [5.41, 5.74) is 0.861. The second kappa shape index (κ2) is 7.61. The minimum atomic E-state index is -0.955. The number of carbonyl (C=O) groups excluding carboxylic acids is 1. The predicted molar refractivity (Wildman–Crippen MR) is 94.3 cm³/mol. The van der Waals surface area contributed by atoms with Crippen LogP contribution in [0.2, 0.25) is 0 Å². The molecule has 5 nitrogen and oxygen atoms in total. The number of carbonyl (C=O) groups is 2. The molecule has 0 bridgehead atoms. The van der Waals surface area contributed by atoms with E-state index in [1.165, 1.54) is 16.7 Å². The van der Waals surface area contributed by atoms with E-state index in [0.717, 1.165) is 11.3 Å². The van der Waals surface area contributed by atoms with Gasteiger partial charge in [-0.05, 0) is 37.6 Å². The van der Waals surface area contributed by atoms with Gasteiger partial charge in [-0.3, -0.25) is 14.5 Å². The molecule has 1 fully saturated rings. The lowest BCUT2D eigenvalue weighted by Crippen LogP contribution is -2.30. The highest BCUT2D eigenvalue weighted by molar-refractivity contribution is 8.26. The topological polar surface area (TPSA) is 66.8 Å². The van der Waals surface area contributed by atoms with Crippen molar-refractivity contribution in [3.8, 4) is 5.75 Å². The van der Waals surface area contributed by atoms with E-state index in [1.807, 2.05) is 38.1 Å². The maximum Gasteiger partial charge on any atom is 0.305 e. The van der Waals surface area contributed by atoms with Gasteiger partial charge >= 0.3 is 5.97 Å². The molecular weight excluding hydrogens is 334 g/mol. The van der Waals surface area contributed by atoms with Crippen molar-refractivity contribution in [3.63, 3.8) is 0 Å². The first kappa shape index (κ1) is 17.5.